The minimum absolute atomic E-state index is 0.0423. The van der Waals surface area contributed by atoms with Crippen molar-refractivity contribution in [1.82, 2.24) is 0 Å². The third kappa shape index (κ3) is 36.9. The molecule has 0 aromatic carbocycles. The molecule has 320 valence electrons. The van der Waals surface area contributed by atoms with E-state index in [9.17, 15) is 19.5 Å². The number of hydrogen-bond donors (Lipinski definition) is 0. The number of carbonyl (C=O) groups is 3. The van der Waals surface area contributed by atoms with E-state index in [2.05, 4.69) is 50.3 Å². The Balaban J connectivity index is 4.24. The fourth-order valence-electron chi connectivity index (χ4n) is 6.56. The zero-order valence-electron chi connectivity index (χ0n) is 36.3. The topological polar surface area (TPSA) is 102 Å². The molecule has 0 aliphatic carbocycles. The Morgan fingerprint density at radius 3 is 1.51 bits per heavy atom. The predicted octanol–water partition coefficient (Wildman–Crippen LogP) is 10.9. The number of esters is 2. The Bertz CT molecular complexity index is 1000. The zero-order chi connectivity index (χ0) is 40.7. The van der Waals surface area contributed by atoms with Crippen molar-refractivity contribution in [2.24, 2.45) is 0 Å². The largest absolute Gasteiger partial charge is 0.544 e. The molecule has 0 rings (SSSR count). The highest BCUT2D eigenvalue weighted by atomic mass is 16.6. The van der Waals surface area contributed by atoms with Crippen molar-refractivity contribution in [3.05, 3.63) is 36.5 Å². The number of quaternary nitrogens is 1. The van der Waals surface area contributed by atoms with Crippen LogP contribution in [0.15, 0.2) is 36.5 Å². The van der Waals surface area contributed by atoms with Gasteiger partial charge in [0.2, 0.25) is 0 Å². The van der Waals surface area contributed by atoms with E-state index in [1.54, 1.807) is 21.1 Å². The first-order valence-electron chi connectivity index (χ1n) is 22.5. The summed E-state index contributed by atoms with van der Waals surface area (Å²) in [5, 5.41) is 11.6. The first kappa shape index (κ1) is 52.6. The molecule has 0 radical (unpaired) electrons. The molecule has 0 N–H and O–H groups in total. The first-order chi connectivity index (χ1) is 26.6. The summed E-state index contributed by atoms with van der Waals surface area (Å²) in [6.07, 6.45) is 43.1. The summed E-state index contributed by atoms with van der Waals surface area (Å²) in [6, 6.07) is -0.723. The number of rotatable bonds is 40. The maximum absolute atomic E-state index is 12.7. The Labute approximate surface area is 338 Å². The van der Waals surface area contributed by atoms with E-state index in [1.165, 1.54) is 103 Å². The fraction of sp³-hybridized carbons (Fsp3) is 0.809. The average Bonchev–Trinajstić information content (AvgIpc) is 3.14. The molecular formula is C47H85NO7. The molecular weight excluding hydrogens is 691 g/mol. The molecule has 0 spiro atoms. The number of allylic oxidation sites excluding steroid dienone is 6. The van der Waals surface area contributed by atoms with Crippen molar-refractivity contribution < 1.29 is 38.2 Å². The molecule has 55 heavy (non-hydrogen) atoms. The van der Waals surface area contributed by atoms with Gasteiger partial charge in [0.1, 0.15) is 12.6 Å². The fourth-order valence-corrected chi connectivity index (χ4v) is 6.56. The second-order valence-electron chi connectivity index (χ2n) is 16.3. The van der Waals surface area contributed by atoms with Crippen LogP contribution < -0.4 is 5.11 Å². The Kier molecular flexibility index (Phi) is 36.7. The van der Waals surface area contributed by atoms with Gasteiger partial charge in [-0.2, -0.15) is 0 Å². The van der Waals surface area contributed by atoms with Gasteiger partial charge in [0.15, 0.2) is 6.10 Å². The van der Waals surface area contributed by atoms with Crippen LogP contribution in [0.2, 0.25) is 0 Å². The summed E-state index contributed by atoms with van der Waals surface area (Å²) in [5.74, 6) is -1.73. The van der Waals surface area contributed by atoms with Crippen LogP contribution >= 0.6 is 0 Å². The van der Waals surface area contributed by atoms with Crippen LogP contribution in [-0.2, 0) is 28.6 Å². The highest BCUT2D eigenvalue weighted by molar-refractivity contribution is 5.70. The second kappa shape index (κ2) is 38.4. The van der Waals surface area contributed by atoms with Gasteiger partial charge in [-0.05, 0) is 44.9 Å². The molecule has 0 aromatic heterocycles. The van der Waals surface area contributed by atoms with Gasteiger partial charge >= 0.3 is 11.9 Å². The lowest BCUT2D eigenvalue weighted by Crippen LogP contribution is -2.55. The van der Waals surface area contributed by atoms with E-state index in [0.29, 0.717) is 12.8 Å². The van der Waals surface area contributed by atoms with Crippen molar-refractivity contribution in [3.63, 3.8) is 0 Å². The SMILES string of the molecule is CC/C=C/C/C=C/C/C=C/CCCCCCCCCCCCCC(=O)OC(COCCC(C(=O)[O-])[N+](C)(C)C)COC(=O)CCCCCCCCCCCC. The van der Waals surface area contributed by atoms with Crippen LogP contribution in [-0.4, -0.2) is 75.5 Å². The molecule has 0 aliphatic rings. The molecule has 0 amide bonds. The summed E-state index contributed by atoms with van der Waals surface area (Å²) in [6.45, 7) is 4.55. The molecule has 0 fully saturated rings. The first-order valence-corrected chi connectivity index (χ1v) is 22.5. The van der Waals surface area contributed by atoms with Gasteiger partial charge < -0.3 is 28.6 Å². The molecule has 0 heterocycles. The molecule has 0 saturated heterocycles. The van der Waals surface area contributed by atoms with Gasteiger partial charge in [0, 0.05) is 19.3 Å². The van der Waals surface area contributed by atoms with Crippen LogP contribution in [0.1, 0.15) is 194 Å². The number of ether oxygens (including phenoxy) is 3. The molecule has 0 saturated carbocycles. The molecule has 8 nitrogen and oxygen atoms in total. The maximum Gasteiger partial charge on any atom is 0.306 e. The van der Waals surface area contributed by atoms with Crippen molar-refractivity contribution in [3.8, 4) is 0 Å². The minimum atomic E-state index is -1.12. The third-order valence-corrected chi connectivity index (χ3v) is 10.0. The summed E-state index contributed by atoms with van der Waals surface area (Å²) in [5.41, 5.74) is 0. The Morgan fingerprint density at radius 2 is 1.02 bits per heavy atom. The van der Waals surface area contributed by atoms with Crippen LogP contribution in [0.25, 0.3) is 0 Å². The number of carbonyl (C=O) groups excluding carboxylic acids is 3. The summed E-state index contributed by atoms with van der Waals surface area (Å²) < 4.78 is 17.2. The quantitative estimate of drug-likeness (QED) is 0.0264. The number of hydrogen-bond acceptors (Lipinski definition) is 7. The molecule has 0 aromatic rings. The van der Waals surface area contributed by atoms with Gasteiger partial charge in [-0.3, -0.25) is 9.59 Å². The van der Waals surface area contributed by atoms with E-state index < -0.39 is 18.1 Å². The van der Waals surface area contributed by atoms with E-state index in [0.717, 1.165) is 57.8 Å². The summed E-state index contributed by atoms with van der Waals surface area (Å²) in [7, 11) is 5.41. The number of carboxylic acid groups (broad SMARTS) is 1. The molecule has 2 atom stereocenters. The van der Waals surface area contributed by atoms with E-state index in [-0.39, 0.29) is 42.7 Å². The van der Waals surface area contributed by atoms with Crippen LogP contribution in [0.5, 0.6) is 0 Å². The van der Waals surface area contributed by atoms with E-state index in [1.807, 2.05) is 0 Å². The molecule has 8 heteroatoms. The molecule has 0 aliphatic heterocycles. The number of unbranched alkanes of at least 4 members (excludes halogenated alkanes) is 20. The maximum atomic E-state index is 12.7. The van der Waals surface area contributed by atoms with Crippen LogP contribution in [0.3, 0.4) is 0 Å². The number of carboxylic acids is 1. The van der Waals surface area contributed by atoms with Crippen molar-refractivity contribution in [1.29, 1.82) is 0 Å². The summed E-state index contributed by atoms with van der Waals surface area (Å²) in [4.78, 5) is 36.8. The van der Waals surface area contributed by atoms with Gasteiger partial charge in [0.05, 0.1) is 40.3 Å². The smallest absolute Gasteiger partial charge is 0.306 e. The predicted molar refractivity (Wildman–Crippen MR) is 227 cm³/mol. The van der Waals surface area contributed by atoms with E-state index in [4.69, 9.17) is 14.2 Å². The third-order valence-electron chi connectivity index (χ3n) is 10.0. The van der Waals surface area contributed by atoms with Crippen LogP contribution in [0, 0.1) is 0 Å². The van der Waals surface area contributed by atoms with E-state index >= 15 is 0 Å². The van der Waals surface area contributed by atoms with Crippen molar-refractivity contribution in [2.45, 2.75) is 206 Å². The molecule has 2 unspecified atom stereocenters. The normalized spacial score (nSPS) is 13.3. The standard InChI is InChI=1S/C47H85NO7/c1-6-8-10-12-14-16-18-19-20-21-22-23-24-25-26-27-28-30-32-34-36-38-46(50)55-43(41-53-40-39-44(47(51)52)48(3,4)5)42-54-45(49)37-35-33-31-29-17-15-13-11-9-7-2/h8,10,14,16,19-20,43-44H,6-7,9,11-13,15,17-18,21-42H2,1-5H3/b10-8+,16-14+,20-19+. The van der Waals surface area contributed by atoms with Crippen LogP contribution in [0.4, 0.5) is 0 Å². The zero-order valence-corrected chi connectivity index (χ0v) is 36.3. The summed E-state index contributed by atoms with van der Waals surface area (Å²) >= 11 is 0. The number of nitrogens with zero attached hydrogens (tertiary/aromatic N) is 1. The van der Waals surface area contributed by atoms with Crippen molar-refractivity contribution >= 4 is 17.9 Å². The molecule has 0 bridgehead atoms. The van der Waals surface area contributed by atoms with Gasteiger partial charge in [0.25, 0.3) is 0 Å². The second-order valence-corrected chi connectivity index (χ2v) is 16.3. The number of aliphatic carboxylic acids is 1. The monoisotopic (exact) mass is 776 g/mol. The lowest BCUT2D eigenvalue weighted by Gasteiger charge is -2.34. The lowest BCUT2D eigenvalue weighted by molar-refractivity contribution is -0.889. The minimum Gasteiger partial charge on any atom is -0.544 e. The number of likely N-dealkylation sites (N-methyl/N-ethyl adjacent to an activating group) is 1. The van der Waals surface area contributed by atoms with Crippen molar-refractivity contribution in [2.75, 3.05) is 41.0 Å². The Morgan fingerprint density at radius 1 is 0.564 bits per heavy atom. The highest BCUT2D eigenvalue weighted by Crippen LogP contribution is 2.15. The average molecular weight is 776 g/mol. The highest BCUT2D eigenvalue weighted by Gasteiger charge is 2.25. The van der Waals surface area contributed by atoms with Gasteiger partial charge in [-0.15, -0.1) is 0 Å². The Hall–Kier alpha value is -2.45. The van der Waals surface area contributed by atoms with Gasteiger partial charge in [-0.25, -0.2) is 0 Å². The lowest BCUT2D eigenvalue weighted by atomic mass is 10.0. The van der Waals surface area contributed by atoms with Gasteiger partial charge in [-0.1, -0.05) is 166 Å².